The Hall–Kier alpha value is -3.13. The van der Waals surface area contributed by atoms with Gasteiger partial charge >= 0.3 is 0 Å². The van der Waals surface area contributed by atoms with E-state index in [-0.39, 0.29) is 45.1 Å². The van der Waals surface area contributed by atoms with E-state index in [2.05, 4.69) is 34.5 Å². The molecule has 10 nitrogen and oxygen atoms in total. The van der Waals surface area contributed by atoms with Gasteiger partial charge in [-0.15, -0.1) is 6.58 Å². The second-order valence-corrected chi connectivity index (χ2v) is 11.0. The molecular weight excluding hydrogens is 655 g/mol. The van der Waals surface area contributed by atoms with Crippen LogP contribution in [0.3, 0.4) is 0 Å². The van der Waals surface area contributed by atoms with Crippen LogP contribution in [0.5, 0.6) is 17.2 Å². The molecule has 0 fully saturated rings. The van der Waals surface area contributed by atoms with Crippen molar-refractivity contribution < 1.29 is 39.1 Å². The Morgan fingerprint density at radius 2 is 1.95 bits per heavy atom. The van der Waals surface area contributed by atoms with Crippen molar-refractivity contribution in [1.82, 2.24) is 10.2 Å². The molecule has 1 aliphatic carbocycles. The number of aliphatic hydroxyl groups excluding tert-OH is 3. The maximum atomic E-state index is 13.5. The van der Waals surface area contributed by atoms with Crippen LogP contribution in [0, 0.1) is 3.57 Å². The smallest absolute Gasteiger partial charge is 0.247 e. The molecule has 0 bridgehead atoms. The van der Waals surface area contributed by atoms with Crippen molar-refractivity contribution in [3.63, 3.8) is 0 Å². The summed E-state index contributed by atoms with van der Waals surface area (Å²) in [5, 5.41) is 33.2. The lowest BCUT2D eigenvalue weighted by atomic mass is 9.87. The summed E-state index contributed by atoms with van der Waals surface area (Å²) in [5.41, 5.74) is 1.91. The highest BCUT2D eigenvalue weighted by atomic mass is 127. The number of methoxy groups -OCH3 is 2. The number of rotatable bonds is 15. The number of hydrogen-bond acceptors (Lipinski definition) is 8. The molecule has 0 aliphatic heterocycles. The lowest BCUT2D eigenvalue weighted by Crippen LogP contribution is -2.55. The SMILES string of the molecule is C=CCCC(=O)N(CCc1cccc(OC)c1)C1CC(C(=O)NCCO)=CC(Oc2c(I)cc(CO)cc2OC)C1O. The van der Waals surface area contributed by atoms with Gasteiger partial charge in [-0.3, -0.25) is 9.59 Å². The summed E-state index contributed by atoms with van der Waals surface area (Å²) in [7, 11) is 3.06. The van der Waals surface area contributed by atoms with Gasteiger partial charge in [-0.2, -0.15) is 0 Å². The van der Waals surface area contributed by atoms with Crippen LogP contribution in [0.15, 0.2) is 60.7 Å². The van der Waals surface area contributed by atoms with Crippen LogP contribution >= 0.6 is 22.6 Å². The average Bonchev–Trinajstić information content (AvgIpc) is 3.00. The monoisotopic (exact) mass is 694 g/mol. The molecule has 2 aromatic rings. The average molecular weight is 695 g/mol. The van der Waals surface area contributed by atoms with Crippen LogP contribution in [0.4, 0.5) is 0 Å². The fourth-order valence-corrected chi connectivity index (χ4v) is 5.61. The fraction of sp³-hybridized carbons (Fsp3) is 0.419. The quantitative estimate of drug-likeness (QED) is 0.165. The topological polar surface area (TPSA) is 138 Å². The molecule has 1 aliphatic rings. The van der Waals surface area contributed by atoms with Crippen LogP contribution in [0.1, 0.15) is 30.4 Å². The lowest BCUT2D eigenvalue weighted by Gasteiger charge is -2.41. The maximum absolute atomic E-state index is 13.5. The van der Waals surface area contributed by atoms with E-state index in [4.69, 9.17) is 14.2 Å². The van der Waals surface area contributed by atoms with Crippen molar-refractivity contribution in [2.45, 2.75) is 50.5 Å². The number of benzene rings is 2. The number of allylic oxidation sites excluding steroid dienone is 1. The summed E-state index contributed by atoms with van der Waals surface area (Å²) in [6.07, 6.45) is 2.27. The van der Waals surface area contributed by atoms with E-state index < -0.39 is 24.2 Å². The highest BCUT2D eigenvalue weighted by molar-refractivity contribution is 14.1. The highest BCUT2D eigenvalue weighted by Crippen LogP contribution is 2.37. The molecule has 11 heteroatoms. The fourth-order valence-electron chi connectivity index (χ4n) is 4.82. The number of nitrogens with one attached hydrogen (secondary N) is 1. The summed E-state index contributed by atoms with van der Waals surface area (Å²) in [5.74, 6) is 0.795. The minimum atomic E-state index is -1.18. The number of hydrogen-bond donors (Lipinski definition) is 4. The first-order chi connectivity index (χ1) is 20.3. The molecule has 228 valence electrons. The van der Waals surface area contributed by atoms with E-state index in [0.29, 0.717) is 44.8 Å². The number of ether oxygens (including phenoxy) is 3. The summed E-state index contributed by atoms with van der Waals surface area (Å²) >= 11 is 2.06. The Bertz CT molecular complexity index is 1270. The predicted molar refractivity (Wildman–Crippen MR) is 166 cm³/mol. The van der Waals surface area contributed by atoms with Crippen molar-refractivity contribution in [3.8, 4) is 17.2 Å². The number of halogens is 1. The highest BCUT2D eigenvalue weighted by Gasteiger charge is 2.40. The molecule has 0 spiro atoms. The summed E-state index contributed by atoms with van der Waals surface area (Å²) in [6.45, 7) is 3.65. The zero-order valence-electron chi connectivity index (χ0n) is 23.9. The Morgan fingerprint density at radius 3 is 2.62 bits per heavy atom. The molecule has 3 atom stereocenters. The Balaban J connectivity index is 1.99. The van der Waals surface area contributed by atoms with Crippen molar-refractivity contribution >= 4 is 34.4 Å². The van der Waals surface area contributed by atoms with Gasteiger partial charge in [-0.25, -0.2) is 0 Å². The molecule has 42 heavy (non-hydrogen) atoms. The summed E-state index contributed by atoms with van der Waals surface area (Å²) in [4.78, 5) is 28.2. The Kier molecular flexibility index (Phi) is 13.1. The Morgan fingerprint density at radius 1 is 1.17 bits per heavy atom. The molecule has 0 saturated heterocycles. The van der Waals surface area contributed by atoms with E-state index in [1.165, 1.54) is 7.11 Å². The standard InChI is InChI=1S/C31H39IN2O8/c1-4-5-9-28(37)34(12-10-20-7-6-8-23(14-20)40-2)25-17-22(31(39)33-11-13-35)18-26(29(25)38)42-30-24(32)15-21(19-36)16-27(30)41-3/h4,6-8,14-16,18,25-26,29,35-36,38H,1,5,9-13,17,19H2,2-3H3,(H,33,39). The van der Waals surface area contributed by atoms with Gasteiger partial charge in [0.25, 0.3) is 0 Å². The molecule has 0 aromatic heterocycles. The van der Waals surface area contributed by atoms with Crippen LogP contribution in [0.2, 0.25) is 0 Å². The van der Waals surface area contributed by atoms with E-state index in [1.807, 2.05) is 24.3 Å². The van der Waals surface area contributed by atoms with Gasteiger partial charge in [-0.1, -0.05) is 18.2 Å². The number of carbonyl (C=O) groups excluding carboxylic acids is 2. The third-order valence-corrected chi connectivity index (χ3v) is 7.80. The molecule has 3 unspecified atom stereocenters. The van der Waals surface area contributed by atoms with Crippen molar-refractivity contribution in [2.75, 3.05) is 33.9 Å². The van der Waals surface area contributed by atoms with Crippen molar-refractivity contribution in [2.24, 2.45) is 0 Å². The minimum absolute atomic E-state index is 0.0566. The van der Waals surface area contributed by atoms with Crippen LogP contribution in [-0.2, 0) is 22.6 Å². The number of aliphatic hydroxyl groups is 3. The van der Waals surface area contributed by atoms with E-state index in [1.54, 1.807) is 36.3 Å². The second kappa shape index (κ2) is 16.5. The summed E-state index contributed by atoms with van der Waals surface area (Å²) < 4.78 is 17.8. The zero-order chi connectivity index (χ0) is 30.6. The van der Waals surface area contributed by atoms with Gasteiger partial charge in [0.15, 0.2) is 11.5 Å². The maximum Gasteiger partial charge on any atom is 0.247 e. The van der Waals surface area contributed by atoms with E-state index >= 15 is 0 Å². The third kappa shape index (κ3) is 8.69. The summed E-state index contributed by atoms with van der Waals surface area (Å²) in [6, 6.07) is 10.2. The van der Waals surface area contributed by atoms with Gasteiger partial charge in [0, 0.05) is 31.5 Å². The molecule has 0 saturated carbocycles. The van der Waals surface area contributed by atoms with Crippen molar-refractivity contribution in [3.05, 3.63) is 75.4 Å². The molecule has 0 radical (unpaired) electrons. The molecule has 0 heterocycles. The number of carbonyl (C=O) groups is 2. The molecule has 2 aromatic carbocycles. The first kappa shape index (κ1) is 33.4. The van der Waals surface area contributed by atoms with Crippen molar-refractivity contribution in [1.29, 1.82) is 0 Å². The predicted octanol–water partition coefficient (Wildman–Crippen LogP) is 2.75. The normalized spacial score (nSPS) is 18.0. The van der Waals surface area contributed by atoms with Gasteiger partial charge in [0.05, 0.1) is 37.0 Å². The largest absolute Gasteiger partial charge is 0.497 e. The van der Waals surface area contributed by atoms with Gasteiger partial charge in [0.1, 0.15) is 18.0 Å². The second-order valence-electron chi connectivity index (χ2n) is 9.80. The number of amides is 2. The van der Waals surface area contributed by atoms with Crippen LogP contribution in [0.25, 0.3) is 0 Å². The van der Waals surface area contributed by atoms with Gasteiger partial charge in [0.2, 0.25) is 11.8 Å². The third-order valence-electron chi connectivity index (χ3n) is 7.00. The number of nitrogens with zero attached hydrogens (tertiary/aromatic N) is 1. The molecule has 2 amide bonds. The van der Waals surface area contributed by atoms with Crippen LogP contribution in [-0.4, -0.2) is 84.2 Å². The molecule has 4 N–H and O–H groups in total. The van der Waals surface area contributed by atoms with Gasteiger partial charge < -0.3 is 39.7 Å². The Labute approximate surface area is 260 Å². The molecular formula is C31H39IN2O8. The molecule has 3 rings (SSSR count). The van der Waals surface area contributed by atoms with E-state index in [0.717, 1.165) is 5.56 Å². The van der Waals surface area contributed by atoms with Crippen LogP contribution < -0.4 is 19.5 Å². The van der Waals surface area contributed by atoms with E-state index in [9.17, 15) is 24.9 Å². The first-order valence-electron chi connectivity index (χ1n) is 13.7. The lowest BCUT2D eigenvalue weighted by molar-refractivity contribution is -0.138. The first-order valence-corrected chi connectivity index (χ1v) is 14.8. The zero-order valence-corrected chi connectivity index (χ0v) is 26.1. The van der Waals surface area contributed by atoms with Gasteiger partial charge in [-0.05, 0) is 76.9 Å². The minimum Gasteiger partial charge on any atom is -0.497 e.